The van der Waals surface area contributed by atoms with E-state index < -0.39 is 25.3 Å². The fourth-order valence-electron chi connectivity index (χ4n) is 4.52. The van der Waals surface area contributed by atoms with Gasteiger partial charge in [-0.05, 0) is 41.8 Å². The summed E-state index contributed by atoms with van der Waals surface area (Å²) in [5.74, 6) is 0.268. The summed E-state index contributed by atoms with van der Waals surface area (Å²) >= 11 is 0. The number of nitrogens with zero attached hydrogens (tertiary/aromatic N) is 2. The maximum Gasteiger partial charge on any atom is 0.282 e. The van der Waals surface area contributed by atoms with Crippen molar-refractivity contribution in [2.75, 3.05) is 5.32 Å². The molecule has 1 aromatic carbocycles. The first-order chi connectivity index (χ1) is 16.2. The van der Waals surface area contributed by atoms with Gasteiger partial charge in [-0.15, -0.1) is 0 Å². The standard InChI is InChI=1S/C23H20N6O3S2/c1-13-28-20(14-6-4-7-15(12-14)21(24)25)23(16-8-5-9-17(23)19(16)34(26,31)32)33(13)22(30)29-18-10-2-3-11-27-18/h2-12H,1H3,(H3,24,25)(H2,26,31,32)(H,27,29,30). The number of aromatic nitrogens is 1. The average Bonchev–Trinajstić information content (AvgIpc) is 3.13. The molecule has 1 aliphatic heterocycles. The Hall–Kier alpha value is -3.67. The first kappa shape index (κ1) is 22.1. The van der Waals surface area contributed by atoms with Crippen molar-refractivity contribution in [2.45, 2.75) is 11.7 Å². The maximum absolute atomic E-state index is 13.6. The zero-order valence-electron chi connectivity index (χ0n) is 17.9. The van der Waals surface area contributed by atoms with E-state index in [1.807, 2.05) is 0 Å². The number of aliphatic imine (C=N–C) groups is 1. The van der Waals surface area contributed by atoms with Crippen LogP contribution in [0, 0.1) is 5.41 Å². The van der Waals surface area contributed by atoms with Gasteiger partial charge in [-0.3, -0.25) is 10.2 Å². The van der Waals surface area contributed by atoms with Gasteiger partial charge in [0.25, 0.3) is 5.24 Å². The number of carbonyl (C=O) groups is 1. The Kier molecular flexibility index (Phi) is 5.01. The molecule has 2 atom stereocenters. The van der Waals surface area contributed by atoms with Gasteiger partial charge in [0.05, 0.1) is 15.6 Å². The van der Waals surface area contributed by atoms with Crippen LogP contribution >= 0.6 is 10.5 Å². The number of amidine groups is 1. The predicted octanol–water partition coefficient (Wildman–Crippen LogP) is 2.61. The fourth-order valence-corrected chi connectivity index (χ4v) is 8.22. The highest BCUT2D eigenvalue weighted by atomic mass is 32.2. The smallest absolute Gasteiger partial charge is 0.282 e. The van der Waals surface area contributed by atoms with Gasteiger partial charge in [-0.1, -0.05) is 53.0 Å². The number of nitrogens with one attached hydrogen (secondary N) is 2. The lowest BCUT2D eigenvalue weighted by molar-refractivity contribution is 0.269. The summed E-state index contributed by atoms with van der Waals surface area (Å²) in [5, 5.41) is 15.9. The molecule has 5 rings (SSSR count). The minimum atomic E-state index is -4.04. The van der Waals surface area contributed by atoms with Gasteiger partial charge in [0.15, 0.2) is 0 Å². The molecule has 11 heteroatoms. The molecule has 9 nitrogen and oxygen atoms in total. The molecule has 0 radical (unpaired) electrons. The van der Waals surface area contributed by atoms with Crippen LogP contribution in [-0.2, 0) is 10.0 Å². The molecule has 0 fully saturated rings. The molecule has 1 aromatic heterocycles. The van der Waals surface area contributed by atoms with Gasteiger partial charge in [-0.2, -0.15) is 0 Å². The molecule has 0 saturated heterocycles. The molecule has 34 heavy (non-hydrogen) atoms. The van der Waals surface area contributed by atoms with Crippen molar-refractivity contribution in [3.8, 4) is 0 Å². The van der Waals surface area contributed by atoms with Crippen molar-refractivity contribution < 1.29 is 13.2 Å². The van der Waals surface area contributed by atoms with Gasteiger partial charge >= 0.3 is 0 Å². The van der Waals surface area contributed by atoms with Crippen LogP contribution in [0.15, 0.2) is 87.9 Å². The summed E-state index contributed by atoms with van der Waals surface area (Å²) in [4.78, 5) is 23.2. The Morgan fingerprint density at radius 1 is 1.21 bits per heavy atom. The Morgan fingerprint density at radius 2 is 2.00 bits per heavy atom. The average molecular weight is 493 g/mol. The number of rotatable bonds is 4. The van der Waals surface area contributed by atoms with E-state index in [1.54, 1.807) is 73.8 Å². The zero-order chi connectivity index (χ0) is 24.3. The van der Waals surface area contributed by atoms with E-state index in [9.17, 15) is 13.2 Å². The third-order valence-electron chi connectivity index (χ3n) is 5.79. The molecule has 6 N–H and O–H groups in total. The van der Waals surface area contributed by atoms with Crippen molar-refractivity contribution in [1.82, 2.24) is 4.98 Å². The van der Waals surface area contributed by atoms with Crippen molar-refractivity contribution in [3.63, 3.8) is 0 Å². The molecule has 1 amide bonds. The second-order valence-electron chi connectivity index (χ2n) is 7.82. The first-order valence-corrected chi connectivity index (χ1v) is 12.9. The summed E-state index contributed by atoms with van der Waals surface area (Å²) in [6.07, 6.45) is 6.65. The van der Waals surface area contributed by atoms with E-state index >= 15 is 0 Å². The van der Waals surface area contributed by atoms with Crippen LogP contribution in [0.5, 0.6) is 0 Å². The van der Waals surface area contributed by atoms with E-state index in [-0.39, 0.29) is 16.0 Å². The normalized spacial score (nSPS) is 22.9. The van der Waals surface area contributed by atoms with Gasteiger partial charge in [-0.25, -0.2) is 23.5 Å². The lowest BCUT2D eigenvalue weighted by Crippen LogP contribution is -2.52. The second kappa shape index (κ2) is 7.69. The number of hydrogen-bond donors (Lipinski definition) is 4. The van der Waals surface area contributed by atoms with Crippen molar-refractivity contribution >= 4 is 48.1 Å². The highest BCUT2D eigenvalue weighted by molar-refractivity contribution is 8.31. The summed E-state index contributed by atoms with van der Waals surface area (Å²) < 4.78 is 23.8. The molecule has 0 saturated carbocycles. The molecule has 2 unspecified atom stereocenters. The second-order valence-corrected chi connectivity index (χ2v) is 11.5. The number of primary sulfonamides is 1. The quantitative estimate of drug-likeness (QED) is 0.292. The number of nitrogens with two attached hydrogens (primary N) is 2. The van der Waals surface area contributed by atoms with Crippen LogP contribution in [-0.4, -0.2) is 39.9 Å². The lowest BCUT2D eigenvalue weighted by Gasteiger charge is -2.48. The number of carbonyl (C=O) groups excluding carboxylic acids is 1. The van der Waals surface area contributed by atoms with Crippen molar-refractivity contribution in [1.29, 1.82) is 5.41 Å². The molecular weight excluding hydrogens is 472 g/mol. The number of hydrogen-bond acceptors (Lipinski definition) is 6. The van der Waals surface area contributed by atoms with E-state index in [1.165, 1.54) is 0 Å². The van der Waals surface area contributed by atoms with E-state index in [4.69, 9.17) is 21.3 Å². The van der Waals surface area contributed by atoms with E-state index in [0.29, 0.717) is 38.8 Å². The molecular formula is C23H20N6O3S2. The van der Waals surface area contributed by atoms with E-state index in [2.05, 4.69) is 10.3 Å². The Balaban J connectivity index is 1.72. The minimum Gasteiger partial charge on any atom is -0.384 e. The van der Waals surface area contributed by atoms with Gasteiger partial charge in [0.2, 0.25) is 10.0 Å². The SMILES string of the molecule is CC1=S(C(=O)Nc2ccccn2)C2(C3=CC=CC2=C3S(N)(=O)=O)C(c2cccc(C(=N)N)c2)=N1. The van der Waals surface area contributed by atoms with Crippen LogP contribution < -0.4 is 16.2 Å². The largest absolute Gasteiger partial charge is 0.384 e. The highest BCUT2D eigenvalue weighted by Gasteiger charge is 2.62. The van der Waals surface area contributed by atoms with Gasteiger partial charge in [0, 0.05) is 11.8 Å². The number of pyridine rings is 1. The number of allylic oxidation sites excluding steroid dienone is 4. The van der Waals surface area contributed by atoms with Crippen LogP contribution in [0.2, 0.25) is 0 Å². The molecule has 172 valence electrons. The molecule has 3 aliphatic rings. The third kappa shape index (κ3) is 3.12. The molecule has 2 aliphatic carbocycles. The summed E-state index contributed by atoms with van der Waals surface area (Å²) in [6.45, 7) is 1.75. The van der Waals surface area contributed by atoms with Crippen LogP contribution in [0.25, 0.3) is 0 Å². The third-order valence-corrected chi connectivity index (χ3v) is 9.20. The van der Waals surface area contributed by atoms with Gasteiger partial charge in [0.1, 0.15) is 16.4 Å². The first-order valence-electron chi connectivity index (χ1n) is 10.2. The lowest BCUT2D eigenvalue weighted by atomic mass is 9.70. The Labute approximate surface area is 198 Å². The molecule has 2 bridgehead atoms. The minimum absolute atomic E-state index is 0.0169. The Bertz CT molecular complexity index is 1550. The molecule has 2 aromatic rings. The summed E-state index contributed by atoms with van der Waals surface area (Å²) in [7, 11) is -5.24. The number of nitrogen functional groups attached to an aromatic ring is 1. The fraction of sp³-hybridized carbons (Fsp3) is 0.0870. The monoisotopic (exact) mass is 492 g/mol. The summed E-state index contributed by atoms with van der Waals surface area (Å²) in [6, 6.07) is 12.1. The molecule has 1 spiro atoms. The number of sulfonamides is 1. The van der Waals surface area contributed by atoms with Crippen molar-refractivity contribution in [3.05, 3.63) is 94.1 Å². The van der Waals surface area contributed by atoms with Crippen LogP contribution in [0.4, 0.5) is 10.6 Å². The van der Waals surface area contributed by atoms with Crippen LogP contribution in [0.3, 0.4) is 0 Å². The van der Waals surface area contributed by atoms with E-state index in [0.717, 1.165) is 0 Å². The van der Waals surface area contributed by atoms with Crippen LogP contribution in [0.1, 0.15) is 18.1 Å². The topological polar surface area (TPSA) is 164 Å². The number of benzene rings is 1. The zero-order valence-corrected chi connectivity index (χ0v) is 19.6. The Morgan fingerprint density at radius 3 is 2.62 bits per heavy atom. The molecule has 2 heterocycles. The number of anilines is 1. The number of amides is 1. The van der Waals surface area contributed by atoms with Gasteiger partial charge < -0.3 is 11.1 Å². The highest BCUT2D eigenvalue weighted by Crippen LogP contribution is 2.63. The maximum atomic E-state index is 13.6. The van der Waals surface area contributed by atoms with Crippen molar-refractivity contribution in [2.24, 2.45) is 15.9 Å². The summed E-state index contributed by atoms with van der Waals surface area (Å²) in [5.41, 5.74) is 8.20. The predicted molar refractivity (Wildman–Crippen MR) is 136 cm³/mol.